The fourth-order valence-corrected chi connectivity index (χ4v) is 2.81. The molecule has 2 rings (SSSR count). The zero-order valence-electron chi connectivity index (χ0n) is 17.1. The monoisotopic (exact) mass is 405 g/mol. The van der Waals surface area contributed by atoms with Crippen LogP contribution >= 0.6 is 0 Å². The van der Waals surface area contributed by atoms with Gasteiger partial charge in [-0.05, 0) is 33.3 Å². The van der Waals surface area contributed by atoms with Crippen molar-refractivity contribution in [2.24, 2.45) is 11.0 Å². The minimum Gasteiger partial charge on any atom is -0.444 e. The molecule has 10 nitrogen and oxygen atoms in total. The van der Waals surface area contributed by atoms with Crippen molar-refractivity contribution in [2.45, 2.75) is 46.1 Å². The van der Waals surface area contributed by atoms with Gasteiger partial charge in [-0.25, -0.2) is 10.2 Å². The SMILES string of the molecule is CC1CC(=O)NN=C1c1ccc(NCCCNC(=O)OC(C)(C)C)c([N+](=O)[O-])c1. The first-order valence-electron chi connectivity index (χ1n) is 9.43. The Balaban J connectivity index is 1.95. The van der Waals surface area contributed by atoms with Gasteiger partial charge in [0.15, 0.2) is 0 Å². The van der Waals surface area contributed by atoms with Gasteiger partial charge in [-0.2, -0.15) is 5.10 Å². The van der Waals surface area contributed by atoms with Crippen LogP contribution in [-0.4, -0.2) is 41.3 Å². The van der Waals surface area contributed by atoms with Crippen LogP contribution in [0.3, 0.4) is 0 Å². The minimum atomic E-state index is -0.562. The first-order valence-corrected chi connectivity index (χ1v) is 9.43. The van der Waals surface area contributed by atoms with Crippen LogP contribution in [0.15, 0.2) is 23.3 Å². The summed E-state index contributed by atoms with van der Waals surface area (Å²) in [5, 5.41) is 21.2. The van der Waals surface area contributed by atoms with E-state index in [2.05, 4.69) is 21.2 Å². The van der Waals surface area contributed by atoms with Crippen molar-refractivity contribution in [3.63, 3.8) is 0 Å². The fraction of sp³-hybridized carbons (Fsp3) is 0.526. The number of nitro benzene ring substituents is 1. The highest BCUT2D eigenvalue weighted by atomic mass is 16.6. The summed E-state index contributed by atoms with van der Waals surface area (Å²) >= 11 is 0. The molecule has 0 bridgehead atoms. The summed E-state index contributed by atoms with van der Waals surface area (Å²) in [7, 11) is 0. The summed E-state index contributed by atoms with van der Waals surface area (Å²) in [5.74, 6) is -0.296. The van der Waals surface area contributed by atoms with Crippen LogP contribution in [0.4, 0.5) is 16.2 Å². The van der Waals surface area contributed by atoms with Crippen molar-refractivity contribution in [2.75, 3.05) is 18.4 Å². The Bertz CT molecular complexity index is 816. The Morgan fingerprint density at radius 2 is 2.10 bits per heavy atom. The number of carbonyl (C=O) groups excluding carboxylic acids is 2. The number of anilines is 1. The van der Waals surface area contributed by atoms with Gasteiger partial charge in [-0.3, -0.25) is 14.9 Å². The number of nitro groups is 1. The molecule has 0 fully saturated rings. The molecule has 1 aromatic carbocycles. The topological polar surface area (TPSA) is 135 Å². The van der Waals surface area contributed by atoms with Gasteiger partial charge in [0.2, 0.25) is 5.91 Å². The Labute approximate surface area is 169 Å². The average Bonchev–Trinajstić information content (AvgIpc) is 2.60. The van der Waals surface area contributed by atoms with E-state index >= 15 is 0 Å². The van der Waals surface area contributed by atoms with Gasteiger partial charge in [-0.1, -0.05) is 13.0 Å². The third-order valence-electron chi connectivity index (χ3n) is 4.09. The summed E-state index contributed by atoms with van der Waals surface area (Å²) in [6.07, 6.45) is 0.355. The van der Waals surface area contributed by atoms with Crippen LogP contribution < -0.4 is 16.1 Å². The van der Waals surface area contributed by atoms with Gasteiger partial charge in [-0.15, -0.1) is 0 Å². The molecule has 2 amide bonds. The molecular formula is C19H27N5O5. The number of carbonyl (C=O) groups is 2. The summed E-state index contributed by atoms with van der Waals surface area (Å²) < 4.78 is 5.14. The van der Waals surface area contributed by atoms with E-state index in [4.69, 9.17) is 4.74 Å². The third kappa shape index (κ3) is 6.74. The van der Waals surface area contributed by atoms with Crippen LogP contribution in [-0.2, 0) is 9.53 Å². The normalized spacial score (nSPS) is 16.5. The summed E-state index contributed by atoms with van der Waals surface area (Å²) in [6, 6.07) is 4.82. The zero-order valence-corrected chi connectivity index (χ0v) is 17.1. The van der Waals surface area contributed by atoms with Gasteiger partial charge in [0.25, 0.3) is 5.69 Å². The Kier molecular flexibility index (Phi) is 7.13. The molecule has 10 heteroatoms. The highest BCUT2D eigenvalue weighted by Gasteiger charge is 2.24. The number of nitrogens with one attached hydrogen (secondary N) is 3. The number of nitrogens with zero attached hydrogens (tertiary/aromatic N) is 2. The molecule has 0 spiro atoms. The van der Waals surface area contributed by atoms with Crippen molar-refractivity contribution < 1.29 is 19.2 Å². The second kappa shape index (κ2) is 9.35. The number of hydrogen-bond acceptors (Lipinski definition) is 7. The molecule has 0 saturated carbocycles. The molecule has 1 aliphatic rings. The highest BCUT2D eigenvalue weighted by molar-refractivity contribution is 6.06. The molecule has 0 radical (unpaired) electrons. The van der Waals surface area contributed by atoms with E-state index in [0.717, 1.165) is 0 Å². The zero-order chi connectivity index (χ0) is 21.6. The summed E-state index contributed by atoms with van der Waals surface area (Å²) in [4.78, 5) is 34.0. The molecule has 1 aromatic rings. The largest absolute Gasteiger partial charge is 0.444 e. The van der Waals surface area contributed by atoms with Crippen molar-refractivity contribution in [3.8, 4) is 0 Å². The Morgan fingerprint density at radius 3 is 2.72 bits per heavy atom. The van der Waals surface area contributed by atoms with E-state index < -0.39 is 16.6 Å². The lowest BCUT2D eigenvalue weighted by molar-refractivity contribution is -0.384. The summed E-state index contributed by atoms with van der Waals surface area (Å²) in [5.41, 5.74) is 3.37. The van der Waals surface area contributed by atoms with Gasteiger partial charge < -0.3 is 15.4 Å². The molecule has 0 aliphatic carbocycles. The fourth-order valence-electron chi connectivity index (χ4n) is 2.81. The standard InChI is InChI=1S/C19H27N5O5/c1-12-10-16(25)22-23-17(12)13-6-7-14(15(11-13)24(27)28)20-8-5-9-21-18(26)29-19(2,3)4/h6-7,11-12,20H,5,8-10H2,1-4H3,(H,21,26)(H,22,25). The maximum Gasteiger partial charge on any atom is 0.407 e. The molecule has 0 aromatic heterocycles. The number of rotatable bonds is 7. The minimum absolute atomic E-state index is 0.0746. The van der Waals surface area contributed by atoms with Gasteiger partial charge >= 0.3 is 6.09 Å². The Hall–Kier alpha value is -3.17. The number of alkyl carbamates (subject to hydrolysis) is 1. The van der Waals surface area contributed by atoms with Crippen molar-refractivity contribution in [3.05, 3.63) is 33.9 Å². The number of amides is 2. The van der Waals surface area contributed by atoms with Crippen molar-refractivity contribution in [1.29, 1.82) is 0 Å². The van der Waals surface area contributed by atoms with Crippen LogP contribution in [0.25, 0.3) is 0 Å². The number of hydrazone groups is 1. The van der Waals surface area contributed by atoms with E-state index in [-0.39, 0.29) is 23.9 Å². The molecule has 0 saturated heterocycles. The molecule has 29 heavy (non-hydrogen) atoms. The van der Waals surface area contributed by atoms with E-state index in [1.165, 1.54) is 6.07 Å². The lowest BCUT2D eigenvalue weighted by Crippen LogP contribution is -2.33. The van der Waals surface area contributed by atoms with Crippen molar-refractivity contribution in [1.82, 2.24) is 10.7 Å². The van der Waals surface area contributed by atoms with E-state index in [1.54, 1.807) is 32.9 Å². The van der Waals surface area contributed by atoms with Gasteiger partial charge in [0, 0.05) is 37.1 Å². The third-order valence-corrected chi connectivity index (χ3v) is 4.09. The van der Waals surface area contributed by atoms with Gasteiger partial charge in [0.05, 0.1) is 10.6 Å². The lowest BCUT2D eigenvalue weighted by Gasteiger charge is -2.20. The molecular weight excluding hydrogens is 378 g/mol. The molecule has 158 valence electrons. The molecule has 1 aliphatic heterocycles. The van der Waals surface area contributed by atoms with E-state index in [1.807, 2.05) is 6.92 Å². The average molecular weight is 405 g/mol. The van der Waals surface area contributed by atoms with Gasteiger partial charge in [0.1, 0.15) is 11.3 Å². The van der Waals surface area contributed by atoms with Crippen LogP contribution in [0.1, 0.15) is 46.1 Å². The van der Waals surface area contributed by atoms with Crippen LogP contribution in [0.5, 0.6) is 0 Å². The van der Waals surface area contributed by atoms with Crippen LogP contribution in [0, 0.1) is 16.0 Å². The van der Waals surface area contributed by atoms with E-state index in [0.29, 0.717) is 36.5 Å². The molecule has 1 atom stereocenters. The second-order valence-electron chi connectivity index (χ2n) is 7.84. The van der Waals surface area contributed by atoms with E-state index in [9.17, 15) is 19.7 Å². The Morgan fingerprint density at radius 1 is 1.38 bits per heavy atom. The molecule has 1 heterocycles. The quantitative estimate of drug-likeness (QED) is 0.363. The van der Waals surface area contributed by atoms with Crippen LogP contribution in [0.2, 0.25) is 0 Å². The summed E-state index contributed by atoms with van der Waals surface area (Å²) in [6.45, 7) is 8.01. The highest BCUT2D eigenvalue weighted by Crippen LogP contribution is 2.28. The first-order chi connectivity index (χ1) is 13.6. The number of benzene rings is 1. The number of ether oxygens (including phenoxy) is 1. The predicted molar refractivity (Wildman–Crippen MR) is 109 cm³/mol. The predicted octanol–water partition coefficient (Wildman–Crippen LogP) is 2.78. The molecule has 1 unspecified atom stereocenters. The molecule has 3 N–H and O–H groups in total. The smallest absolute Gasteiger partial charge is 0.407 e. The second-order valence-corrected chi connectivity index (χ2v) is 7.84. The first kappa shape index (κ1) is 22.1. The van der Waals surface area contributed by atoms with Crippen molar-refractivity contribution >= 4 is 29.1 Å². The maximum absolute atomic E-state index is 11.6. The number of hydrogen-bond donors (Lipinski definition) is 3. The maximum atomic E-state index is 11.6. The lowest BCUT2D eigenvalue weighted by atomic mass is 9.93.